The normalized spacial score (nSPS) is 13.5. The number of benzene rings is 2. The smallest absolute Gasteiger partial charge is 0.255 e. The Morgan fingerprint density at radius 1 is 1.11 bits per heavy atom. The highest BCUT2D eigenvalue weighted by molar-refractivity contribution is 6.25. The van der Waals surface area contributed by atoms with E-state index < -0.39 is 0 Å². The Morgan fingerprint density at radius 2 is 1.89 bits per heavy atom. The summed E-state index contributed by atoms with van der Waals surface area (Å²) in [5.74, 6) is 1.09. The molecule has 19 heavy (non-hydrogen) atoms. The van der Waals surface area contributed by atoms with E-state index in [4.69, 9.17) is 4.74 Å². The predicted octanol–water partition coefficient (Wildman–Crippen LogP) is 3.75. The molecule has 3 nitrogen and oxygen atoms in total. The Balaban J connectivity index is 2.19. The van der Waals surface area contributed by atoms with E-state index in [9.17, 15) is 4.79 Å². The third kappa shape index (κ3) is 1.99. The van der Waals surface area contributed by atoms with Crippen molar-refractivity contribution in [2.24, 2.45) is 0 Å². The van der Waals surface area contributed by atoms with Gasteiger partial charge in [-0.25, -0.2) is 0 Å². The molecule has 3 heteroatoms. The first-order chi connectivity index (χ1) is 9.15. The second kappa shape index (κ2) is 4.28. The first-order valence-electron chi connectivity index (χ1n) is 6.03. The topological polar surface area (TPSA) is 38.3 Å². The van der Waals surface area contributed by atoms with Gasteiger partial charge in [-0.1, -0.05) is 30.8 Å². The van der Waals surface area contributed by atoms with Crippen LogP contribution in [0.25, 0.3) is 5.57 Å². The quantitative estimate of drug-likeness (QED) is 0.724. The van der Waals surface area contributed by atoms with E-state index >= 15 is 0 Å². The molecule has 0 spiro atoms. The molecule has 1 amide bonds. The molecule has 0 fully saturated rings. The maximum Gasteiger partial charge on any atom is 0.255 e. The predicted molar refractivity (Wildman–Crippen MR) is 75.4 cm³/mol. The summed E-state index contributed by atoms with van der Waals surface area (Å²) in [7, 11) is 0. The molecule has 0 aliphatic carbocycles. The van der Waals surface area contributed by atoms with E-state index in [0.717, 1.165) is 5.56 Å². The van der Waals surface area contributed by atoms with Gasteiger partial charge in [0.15, 0.2) is 5.75 Å². The molecule has 1 aliphatic rings. The van der Waals surface area contributed by atoms with E-state index in [1.54, 1.807) is 0 Å². The molecule has 1 heterocycles. The summed E-state index contributed by atoms with van der Waals surface area (Å²) >= 11 is 0. The van der Waals surface area contributed by atoms with Crippen molar-refractivity contribution >= 4 is 17.2 Å². The number of hydrogen-bond acceptors (Lipinski definition) is 2. The molecule has 0 atom stereocenters. The van der Waals surface area contributed by atoms with Crippen LogP contribution in [-0.4, -0.2) is 5.91 Å². The van der Waals surface area contributed by atoms with Gasteiger partial charge in [-0.15, -0.1) is 0 Å². The Bertz CT molecular complexity index is 689. The van der Waals surface area contributed by atoms with Crippen LogP contribution in [0.5, 0.6) is 11.5 Å². The minimum atomic E-state index is -0.208. The zero-order valence-electron chi connectivity index (χ0n) is 10.6. The van der Waals surface area contributed by atoms with Crippen LogP contribution in [0.3, 0.4) is 0 Å². The standard InChI is InChI=1S/C16H13NO2/c1-10-7-8-13-15(9-10)19-14-6-4-3-5-12(14)11(2)16(18)17-13/h3-9H,2H2,1H3,(H,17,18). The summed E-state index contributed by atoms with van der Waals surface area (Å²) in [6.07, 6.45) is 0. The molecule has 0 aromatic heterocycles. The van der Waals surface area contributed by atoms with E-state index in [-0.39, 0.29) is 5.91 Å². The molecule has 0 unspecified atom stereocenters. The van der Waals surface area contributed by atoms with Crippen molar-refractivity contribution in [1.82, 2.24) is 0 Å². The molecule has 0 radical (unpaired) electrons. The molecule has 0 saturated carbocycles. The maximum absolute atomic E-state index is 12.1. The molecule has 2 aromatic carbocycles. The Kier molecular flexibility index (Phi) is 2.60. The second-order valence-corrected chi connectivity index (χ2v) is 4.53. The lowest BCUT2D eigenvalue weighted by atomic mass is 10.0. The lowest BCUT2D eigenvalue weighted by molar-refractivity contribution is -0.111. The largest absolute Gasteiger partial charge is 0.455 e. The zero-order valence-corrected chi connectivity index (χ0v) is 10.6. The Morgan fingerprint density at radius 3 is 2.74 bits per heavy atom. The first kappa shape index (κ1) is 11.5. The SMILES string of the molecule is C=C1C(=O)Nc2ccc(C)cc2Oc2ccccc21. The summed E-state index contributed by atoms with van der Waals surface area (Å²) in [4.78, 5) is 12.1. The van der Waals surface area contributed by atoms with Crippen molar-refractivity contribution in [3.8, 4) is 11.5 Å². The number of hydrogen-bond donors (Lipinski definition) is 1. The van der Waals surface area contributed by atoms with E-state index in [2.05, 4.69) is 11.9 Å². The molecule has 1 N–H and O–H groups in total. The number of carbonyl (C=O) groups excluding carboxylic acids is 1. The van der Waals surface area contributed by atoms with Crippen molar-refractivity contribution < 1.29 is 9.53 Å². The number of nitrogens with one attached hydrogen (secondary N) is 1. The van der Waals surface area contributed by atoms with Gasteiger partial charge in [0.05, 0.1) is 5.69 Å². The van der Waals surface area contributed by atoms with Crippen LogP contribution >= 0.6 is 0 Å². The van der Waals surface area contributed by atoms with Gasteiger partial charge in [0, 0.05) is 11.1 Å². The summed E-state index contributed by atoms with van der Waals surface area (Å²) in [5.41, 5.74) is 2.85. The third-order valence-corrected chi connectivity index (χ3v) is 3.09. The van der Waals surface area contributed by atoms with E-state index in [1.165, 1.54) is 0 Å². The van der Waals surface area contributed by atoms with E-state index in [0.29, 0.717) is 28.3 Å². The van der Waals surface area contributed by atoms with Crippen LogP contribution in [0.1, 0.15) is 11.1 Å². The number of ether oxygens (including phenoxy) is 1. The van der Waals surface area contributed by atoms with Crippen LogP contribution in [-0.2, 0) is 4.79 Å². The fourth-order valence-electron chi connectivity index (χ4n) is 2.06. The molecular formula is C16H13NO2. The maximum atomic E-state index is 12.1. The van der Waals surface area contributed by atoms with Gasteiger partial charge >= 0.3 is 0 Å². The zero-order chi connectivity index (χ0) is 13.4. The average molecular weight is 251 g/mol. The first-order valence-corrected chi connectivity index (χ1v) is 6.03. The monoisotopic (exact) mass is 251 g/mol. The van der Waals surface area contributed by atoms with Crippen molar-refractivity contribution in [2.45, 2.75) is 6.92 Å². The second-order valence-electron chi connectivity index (χ2n) is 4.53. The summed E-state index contributed by atoms with van der Waals surface area (Å²) < 4.78 is 5.91. The highest BCUT2D eigenvalue weighted by Gasteiger charge is 2.20. The number of carbonyl (C=O) groups is 1. The highest BCUT2D eigenvalue weighted by Crippen LogP contribution is 2.37. The number of aryl methyl sites for hydroxylation is 1. The molecule has 1 aliphatic heterocycles. The summed E-state index contributed by atoms with van der Waals surface area (Å²) in [6, 6.07) is 13.1. The van der Waals surface area contributed by atoms with Crippen molar-refractivity contribution in [3.63, 3.8) is 0 Å². The van der Waals surface area contributed by atoms with Crippen LogP contribution in [0.2, 0.25) is 0 Å². The van der Waals surface area contributed by atoms with Gasteiger partial charge in [-0.2, -0.15) is 0 Å². The molecule has 0 bridgehead atoms. The minimum absolute atomic E-state index is 0.208. The summed E-state index contributed by atoms with van der Waals surface area (Å²) in [5, 5.41) is 2.82. The van der Waals surface area contributed by atoms with Crippen molar-refractivity contribution in [2.75, 3.05) is 5.32 Å². The average Bonchev–Trinajstić information content (AvgIpc) is 2.40. The van der Waals surface area contributed by atoms with Crippen LogP contribution in [0, 0.1) is 6.92 Å². The summed E-state index contributed by atoms with van der Waals surface area (Å²) in [6.45, 7) is 5.82. The van der Waals surface area contributed by atoms with Gasteiger partial charge in [-0.3, -0.25) is 4.79 Å². The Hall–Kier alpha value is -2.55. The minimum Gasteiger partial charge on any atom is -0.455 e. The third-order valence-electron chi connectivity index (χ3n) is 3.09. The number of rotatable bonds is 0. The number of fused-ring (bicyclic) bond motifs is 2. The lowest BCUT2D eigenvalue weighted by Gasteiger charge is -2.19. The van der Waals surface area contributed by atoms with E-state index in [1.807, 2.05) is 49.4 Å². The van der Waals surface area contributed by atoms with Gasteiger partial charge in [-0.05, 0) is 30.7 Å². The number of amides is 1. The number of anilines is 1. The Labute approximate surface area is 111 Å². The van der Waals surface area contributed by atoms with Gasteiger partial charge < -0.3 is 10.1 Å². The lowest BCUT2D eigenvalue weighted by Crippen LogP contribution is -2.16. The number of para-hydroxylation sites is 1. The van der Waals surface area contributed by atoms with Gasteiger partial charge in [0.2, 0.25) is 0 Å². The highest BCUT2D eigenvalue weighted by atomic mass is 16.5. The molecule has 94 valence electrons. The van der Waals surface area contributed by atoms with Gasteiger partial charge in [0.1, 0.15) is 5.75 Å². The van der Waals surface area contributed by atoms with Crippen molar-refractivity contribution in [3.05, 3.63) is 60.2 Å². The fraction of sp³-hybridized carbons (Fsp3) is 0.0625. The molecular weight excluding hydrogens is 238 g/mol. The molecule has 0 saturated heterocycles. The van der Waals surface area contributed by atoms with Crippen LogP contribution < -0.4 is 10.1 Å². The van der Waals surface area contributed by atoms with Crippen molar-refractivity contribution in [1.29, 1.82) is 0 Å². The van der Waals surface area contributed by atoms with Crippen LogP contribution in [0.15, 0.2) is 49.0 Å². The fourth-order valence-corrected chi connectivity index (χ4v) is 2.06. The van der Waals surface area contributed by atoms with Gasteiger partial charge in [0.25, 0.3) is 5.91 Å². The molecule has 2 aromatic rings. The van der Waals surface area contributed by atoms with Crippen LogP contribution in [0.4, 0.5) is 5.69 Å². The molecule has 3 rings (SSSR count).